The second-order valence-electron chi connectivity index (χ2n) is 5.50. The molecule has 0 aliphatic rings. The zero-order valence-corrected chi connectivity index (χ0v) is 13.0. The topological polar surface area (TPSA) is 26.0 Å². The Hall–Kier alpha value is -1.83. The summed E-state index contributed by atoms with van der Waals surface area (Å²) >= 11 is 6.05. The lowest BCUT2D eigenvalue weighted by Gasteiger charge is -2.20. The highest BCUT2D eigenvalue weighted by Gasteiger charge is 2.16. The lowest BCUT2D eigenvalue weighted by molar-refractivity contribution is 0.862. The highest BCUT2D eigenvalue weighted by Crippen LogP contribution is 2.32. The molecule has 0 aromatic heterocycles. The average Bonchev–Trinajstić information content (AvgIpc) is 2.46. The van der Waals surface area contributed by atoms with Crippen molar-refractivity contribution in [3.05, 3.63) is 81.9 Å². The van der Waals surface area contributed by atoms with Gasteiger partial charge in [-0.1, -0.05) is 54.1 Å². The number of nitrogens with two attached hydrogens (primary N) is 1. The van der Waals surface area contributed by atoms with E-state index in [2.05, 4.69) is 50.2 Å². The fourth-order valence-electron chi connectivity index (χ4n) is 2.96. The van der Waals surface area contributed by atoms with Crippen LogP contribution in [-0.2, 0) is 0 Å². The molecule has 3 aromatic carbocycles. The van der Waals surface area contributed by atoms with Gasteiger partial charge in [0.2, 0.25) is 0 Å². The Morgan fingerprint density at radius 2 is 1.67 bits per heavy atom. The van der Waals surface area contributed by atoms with Gasteiger partial charge in [0.05, 0.1) is 6.04 Å². The Bertz CT molecular complexity index is 808. The minimum atomic E-state index is -0.145. The first kappa shape index (κ1) is 14.1. The van der Waals surface area contributed by atoms with Crippen LogP contribution in [0.25, 0.3) is 10.8 Å². The van der Waals surface area contributed by atoms with Crippen LogP contribution in [0.2, 0.25) is 5.02 Å². The quantitative estimate of drug-likeness (QED) is 0.694. The summed E-state index contributed by atoms with van der Waals surface area (Å²) in [5.74, 6) is 0. The third kappa shape index (κ3) is 2.55. The Morgan fingerprint density at radius 1 is 0.905 bits per heavy atom. The summed E-state index contributed by atoms with van der Waals surface area (Å²) in [6.45, 7) is 4.18. The van der Waals surface area contributed by atoms with Crippen molar-refractivity contribution in [2.45, 2.75) is 19.9 Å². The second-order valence-corrected chi connectivity index (χ2v) is 5.93. The van der Waals surface area contributed by atoms with E-state index >= 15 is 0 Å². The summed E-state index contributed by atoms with van der Waals surface area (Å²) < 4.78 is 0. The van der Waals surface area contributed by atoms with Crippen LogP contribution in [0.3, 0.4) is 0 Å². The molecule has 0 aliphatic heterocycles. The monoisotopic (exact) mass is 295 g/mol. The Balaban J connectivity index is 2.21. The Labute approximate surface area is 130 Å². The fraction of sp³-hybridized carbons (Fsp3) is 0.158. The fourth-order valence-corrected chi connectivity index (χ4v) is 3.19. The van der Waals surface area contributed by atoms with Crippen LogP contribution in [0.5, 0.6) is 0 Å². The normalized spacial score (nSPS) is 12.6. The summed E-state index contributed by atoms with van der Waals surface area (Å²) in [4.78, 5) is 0. The molecule has 0 radical (unpaired) electrons. The first-order chi connectivity index (χ1) is 10.1. The van der Waals surface area contributed by atoms with Crippen LogP contribution in [0.4, 0.5) is 0 Å². The molecule has 0 saturated heterocycles. The highest BCUT2D eigenvalue weighted by atomic mass is 35.5. The van der Waals surface area contributed by atoms with Gasteiger partial charge >= 0.3 is 0 Å². The van der Waals surface area contributed by atoms with Crippen LogP contribution < -0.4 is 5.73 Å². The van der Waals surface area contributed by atoms with Crippen molar-refractivity contribution in [3.8, 4) is 0 Å². The van der Waals surface area contributed by atoms with Gasteiger partial charge in [-0.05, 0) is 59.0 Å². The van der Waals surface area contributed by atoms with Gasteiger partial charge in [-0.15, -0.1) is 0 Å². The number of rotatable bonds is 2. The minimum absolute atomic E-state index is 0.145. The number of aryl methyl sites for hydroxylation is 2. The third-order valence-electron chi connectivity index (χ3n) is 4.07. The Kier molecular flexibility index (Phi) is 3.71. The molecule has 0 amide bonds. The number of hydrogen-bond acceptors (Lipinski definition) is 1. The molecule has 1 unspecified atom stereocenters. The molecule has 3 aromatic rings. The molecule has 0 aliphatic carbocycles. The maximum absolute atomic E-state index is 6.59. The van der Waals surface area contributed by atoms with E-state index in [0.29, 0.717) is 0 Å². The third-order valence-corrected chi connectivity index (χ3v) is 4.30. The van der Waals surface area contributed by atoms with Crippen LogP contribution in [0.1, 0.15) is 28.3 Å². The van der Waals surface area contributed by atoms with Crippen molar-refractivity contribution in [2.24, 2.45) is 5.73 Å². The summed E-state index contributed by atoms with van der Waals surface area (Å²) in [6.07, 6.45) is 0. The van der Waals surface area contributed by atoms with Crippen LogP contribution >= 0.6 is 11.6 Å². The number of hydrogen-bond donors (Lipinski definition) is 1. The van der Waals surface area contributed by atoms with Crippen molar-refractivity contribution in [1.29, 1.82) is 0 Å². The molecule has 0 fully saturated rings. The van der Waals surface area contributed by atoms with Crippen molar-refractivity contribution in [1.82, 2.24) is 0 Å². The smallest absolute Gasteiger partial charge is 0.0563 e. The van der Waals surface area contributed by atoms with Crippen LogP contribution in [-0.4, -0.2) is 0 Å². The molecule has 21 heavy (non-hydrogen) atoms. The molecule has 3 rings (SSSR count). The molecule has 0 saturated carbocycles. The second kappa shape index (κ2) is 5.51. The van der Waals surface area contributed by atoms with E-state index in [9.17, 15) is 0 Å². The predicted octanol–water partition coefficient (Wildman–Crippen LogP) is 5.16. The summed E-state index contributed by atoms with van der Waals surface area (Å²) in [5, 5.41) is 3.19. The summed E-state index contributed by atoms with van der Waals surface area (Å²) in [5.41, 5.74) is 11.3. The lowest BCUT2D eigenvalue weighted by Crippen LogP contribution is -2.15. The van der Waals surface area contributed by atoms with E-state index < -0.39 is 0 Å². The lowest BCUT2D eigenvalue weighted by atomic mass is 9.89. The number of halogens is 1. The molecule has 1 atom stereocenters. The van der Waals surface area contributed by atoms with Crippen molar-refractivity contribution in [3.63, 3.8) is 0 Å². The first-order valence-electron chi connectivity index (χ1n) is 7.08. The van der Waals surface area contributed by atoms with Gasteiger partial charge < -0.3 is 5.73 Å². The molecule has 0 bridgehead atoms. The Morgan fingerprint density at radius 3 is 2.43 bits per heavy atom. The van der Waals surface area contributed by atoms with Crippen molar-refractivity contribution in [2.75, 3.05) is 0 Å². The van der Waals surface area contributed by atoms with E-state index in [1.54, 1.807) is 0 Å². The van der Waals surface area contributed by atoms with Gasteiger partial charge in [0.25, 0.3) is 0 Å². The van der Waals surface area contributed by atoms with Crippen molar-refractivity contribution >= 4 is 22.4 Å². The number of fused-ring (bicyclic) bond motifs is 1. The van der Waals surface area contributed by atoms with Gasteiger partial charge in [0.1, 0.15) is 0 Å². The van der Waals surface area contributed by atoms with Crippen LogP contribution in [0, 0.1) is 13.8 Å². The molecule has 106 valence electrons. The van der Waals surface area contributed by atoms with E-state index in [1.165, 1.54) is 21.9 Å². The summed E-state index contributed by atoms with van der Waals surface area (Å²) in [7, 11) is 0. The van der Waals surface area contributed by atoms with Gasteiger partial charge in [-0.2, -0.15) is 0 Å². The SMILES string of the molecule is Cc1cc(Cl)ccc1C(N)c1c(C)ccc2ccccc12. The zero-order valence-electron chi connectivity index (χ0n) is 12.2. The zero-order chi connectivity index (χ0) is 15.0. The van der Waals surface area contributed by atoms with E-state index in [1.807, 2.05) is 18.2 Å². The largest absolute Gasteiger partial charge is 0.320 e. The maximum Gasteiger partial charge on any atom is 0.0563 e. The average molecular weight is 296 g/mol. The molecule has 2 N–H and O–H groups in total. The first-order valence-corrected chi connectivity index (χ1v) is 7.45. The molecular formula is C19H18ClN. The van der Waals surface area contributed by atoms with E-state index in [-0.39, 0.29) is 6.04 Å². The van der Waals surface area contributed by atoms with Gasteiger partial charge in [0, 0.05) is 5.02 Å². The molecule has 0 heterocycles. The number of benzene rings is 3. The van der Waals surface area contributed by atoms with E-state index in [4.69, 9.17) is 17.3 Å². The molecule has 0 spiro atoms. The summed E-state index contributed by atoms with van der Waals surface area (Å²) in [6, 6.07) is 18.4. The van der Waals surface area contributed by atoms with Crippen molar-refractivity contribution < 1.29 is 0 Å². The molecule has 2 heteroatoms. The van der Waals surface area contributed by atoms with Gasteiger partial charge in [-0.25, -0.2) is 0 Å². The van der Waals surface area contributed by atoms with Gasteiger partial charge in [0.15, 0.2) is 0 Å². The standard InChI is InChI=1S/C19H18ClN/c1-12-7-8-14-5-3-4-6-17(14)18(12)19(21)16-10-9-15(20)11-13(16)2/h3-11,19H,21H2,1-2H3. The van der Waals surface area contributed by atoms with E-state index in [0.717, 1.165) is 16.1 Å². The minimum Gasteiger partial charge on any atom is -0.320 e. The molecule has 1 nitrogen and oxygen atoms in total. The molecular weight excluding hydrogens is 278 g/mol. The predicted molar refractivity (Wildman–Crippen MR) is 90.9 cm³/mol. The highest BCUT2D eigenvalue weighted by molar-refractivity contribution is 6.30. The maximum atomic E-state index is 6.59. The van der Waals surface area contributed by atoms with Crippen LogP contribution in [0.15, 0.2) is 54.6 Å². The van der Waals surface area contributed by atoms with Gasteiger partial charge in [-0.3, -0.25) is 0 Å².